The van der Waals surface area contributed by atoms with Gasteiger partial charge in [0, 0.05) is 57.6 Å². The fourth-order valence-corrected chi connectivity index (χ4v) is 3.76. The Bertz CT molecular complexity index is 818. The van der Waals surface area contributed by atoms with Gasteiger partial charge in [-0.2, -0.15) is 0 Å². The van der Waals surface area contributed by atoms with Gasteiger partial charge >= 0.3 is 0 Å². The second-order valence-electron chi connectivity index (χ2n) is 6.60. The van der Waals surface area contributed by atoms with E-state index in [1.54, 1.807) is 23.4 Å². The zero-order chi connectivity index (χ0) is 18.1. The summed E-state index contributed by atoms with van der Waals surface area (Å²) in [5.41, 5.74) is 1.91. The number of carbonyl (C=O) groups excluding carboxylic acids is 2. The van der Waals surface area contributed by atoms with Gasteiger partial charge in [0.15, 0.2) is 0 Å². The van der Waals surface area contributed by atoms with Crippen LogP contribution in [0, 0.1) is 0 Å². The van der Waals surface area contributed by atoms with Gasteiger partial charge in [-0.15, -0.1) is 0 Å². The molecule has 1 aromatic carbocycles. The van der Waals surface area contributed by atoms with Crippen molar-refractivity contribution in [3.8, 4) is 0 Å². The van der Waals surface area contributed by atoms with E-state index in [2.05, 4.69) is 14.9 Å². The number of aromatic nitrogens is 2. The van der Waals surface area contributed by atoms with E-state index in [1.807, 2.05) is 29.2 Å². The molecule has 7 nitrogen and oxygen atoms in total. The van der Waals surface area contributed by atoms with Crippen molar-refractivity contribution in [3.63, 3.8) is 0 Å². The summed E-state index contributed by atoms with van der Waals surface area (Å²) in [4.78, 5) is 39.4. The normalized spacial score (nSPS) is 19.4. The number of amides is 2. The average Bonchev–Trinajstić information content (AvgIpc) is 3.08. The molecule has 2 amide bonds. The second kappa shape index (κ2) is 6.74. The second-order valence-corrected chi connectivity index (χ2v) is 6.60. The van der Waals surface area contributed by atoms with Crippen molar-refractivity contribution >= 4 is 23.5 Å². The lowest BCUT2D eigenvalue weighted by atomic mass is 10.1. The molecule has 134 valence electrons. The first-order valence-corrected chi connectivity index (χ1v) is 8.83. The molecule has 0 N–H and O–H groups in total. The number of piperazine rings is 1. The number of carbonyl (C=O) groups is 2. The monoisotopic (exact) mass is 351 g/mol. The Morgan fingerprint density at radius 3 is 2.38 bits per heavy atom. The quantitative estimate of drug-likeness (QED) is 0.810. The first-order chi connectivity index (χ1) is 12.6. The third-order valence-electron chi connectivity index (χ3n) is 5.03. The van der Waals surface area contributed by atoms with Gasteiger partial charge in [-0.05, 0) is 17.7 Å². The summed E-state index contributed by atoms with van der Waals surface area (Å²) >= 11 is 0. The Hall–Kier alpha value is -2.96. The molecule has 0 spiro atoms. The summed E-state index contributed by atoms with van der Waals surface area (Å²) < 4.78 is 0. The van der Waals surface area contributed by atoms with E-state index >= 15 is 0 Å². The van der Waals surface area contributed by atoms with Crippen molar-refractivity contribution in [2.45, 2.75) is 19.4 Å². The van der Waals surface area contributed by atoms with Crippen LogP contribution < -0.4 is 9.80 Å². The van der Waals surface area contributed by atoms with Crippen molar-refractivity contribution in [3.05, 3.63) is 48.3 Å². The molecule has 0 aliphatic carbocycles. The number of hydrogen-bond donors (Lipinski definition) is 0. The fourth-order valence-electron chi connectivity index (χ4n) is 3.76. The van der Waals surface area contributed by atoms with Gasteiger partial charge in [0.2, 0.25) is 17.8 Å². The molecular weight excluding hydrogens is 330 g/mol. The van der Waals surface area contributed by atoms with Crippen LogP contribution in [-0.2, 0) is 16.0 Å². The van der Waals surface area contributed by atoms with Crippen LogP contribution in [0.2, 0.25) is 0 Å². The highest BCUT2D eigenvalue weighted by Crippen LogP contribution is 2.33. The molecule has 0 unspecified atom stereocenters. The van der Waals surface area contributed by atoms with E-state index in [0.29, 0.717) is 38.5 Å². The highest BCUT2D eigenvalue weighted by molar-refractivity contribution is 6.02. The number of nitrogens with zero attached hydrogens (tertiary/aromatic N) is 5. The van der Waals surface area contributed by atoms with Crippen LogP contribution >= 0.6 is 0 Å². The maximum Gasteiger partial charge on any atom is 0.246 e. The Kier molecular flexibility index (Phi) is 4.28. The van der Waals surface area contributed by atoms with Crippen LogP contribution in [0.15, 0.2) is 42.7 Å². The van der Waals surface area contributed by atoms with E-state index in [9.17, 15) is 9.59 Å². The van der Waals surface area contributed by atoms with Gasteiger partial charge in [0.25, 0.3) is 0 Å². The van der Waals surface area contributed by atoms with Crippen LogP contribution in [0.25, 0.3) is 0 Å². The van der Waals surface area contributed by atoms with Crippen LogP contribution in [0.3, 0.4) is 0 Å². The largest absolute Gasteiger partial charge is 0.337 e. The first-order valence-electron chi connectivity index (χ1n) is 8.83. The predicted molar refractivity (Wildman–Crippen MR) is 97.9 cm³/mol. The molecule has 1 atom stereocenters. The lowest BCUT2D eigenvalue weighted by molar-refractivity contribution is -0.134. The van der Waals surface area contributed by atoms with Crippen LogP contribution in [-0.4, -0.2) is 58.9 Å². The number of hydrogen-bond acceptors (Lipinski definition) is 5. The average molecular weight is 351 g/mol. The highest BCUT2D eigenvalue weighted by Gasteiger charge is 2.39. The van der Waals surface area contributed by atoms with Crippen LogP contribution in [0.1, 0.15) is 12.5 Å². The highest BCUT2D eigenvalue weighted by atomic mass is 16.2. The molecule has 2 aromatic rings. The minimum Gasteiger partial charge on any atom is -0.337 e. The van der Waals surface area contributed by atoms with E-state index < -0.39 is 6.04 Å². The number of anilines is 2. The Morgan fingerprint density at radius 2 is 1.69 bits per heavy atom. The molecule has 1 aromatic heterocycles. The minimum absolute atomic E-state index is 0.0185. The molecule has 0 radical (unpaired) electrons. The SMILES string of the molecule is CC(=O)N1c2ccccc2C[C@@H]1C(=O)N1CCN(c2ncccn2)CC1. The van der Waals surface area contributed by atoms with Crippen molar-refractivity contribution < 1.29 is 9.59 Å². The third-order valence-corrected chi connectivity index (χ3v) is 5.03. The van der Waals surface area contributed by atoms with Crippen molar-refractivity contribution in [1.82, 2.24) is 14.9 Å². The predicted octanol–water partition coefficient (Wildman–Crippen LogP) is 1.10. The van der Waals surface area contributed by atoms with Gasteiger partial charge in [0.1, 0.15) is 6.04 Å². The molecule has 2 aliphatic heterocycles. The zero-order valence-electron chi connectivity index (χ0n) is 14.7. The molecule has 0 bridgehead atoms. The molecule has 2 aliphatic rings. The maximum atomic E-state index is 13.1. The zero-order valence-corrected chi connectivity index (χ0v) is 14.7. The molecule has 3 heterocycles. The van der Waals surface area contributed by atoms with Gasteiger partial charge in [0.05, 0.1) is 0 Å². The fraction of sp³-hybridized carbons (Fsp3) is 0.368. The lowest BCUT2D eigenvalue weighted by Gasteiger charge is -2.37. The van der Waals surface area contributed by atoms with Gasteiger partial charge in [-0.25, -0.2) is 9.97 Å². The summed E-state index contributed by atoms with van der Waals surface area (Å²) in [6, 6.07) is 9.10. The Balaban J connectivity index is 1.46. The number of fused-ring (bicyclic) bond motifs is 1. The Morgan fingerprint density at radius 1 is 1.00 bits per heavy atom. The van der Waals surface area contributed by atoms with E-state index in [4.69, 9.17) is 0 Å². The summed E-state index contributed by atoms with van der Waals surface area (Å²) in [5.74, 6) is 0.618. The minimum atomic E-state index is -0.440. The van der Waals surface area contributed by atoms with Crippen molar-refractivity contribution in [2.24, 2.45) is 0 Å². The van der Waals surface area contributed by atoms with Gasteiger partial charge in [-0.1, -0.05) is 18.2 Å². The molecule has 1 saturated heterocycles. The molecule has 7 heteroatoms. The molecule has 4 rings (SSSR count). The van der Waals surface area contributed by atoms with Crippen LogP contribution in [0.4, 0.5) is 11.6 Å². The molecule has 26 heavy (non-hydrogen) atoms. The smallest absolute Gasteiger partial charge is 0.246 e. The topological polar surface area (TPSA) is 69.6 Å². The summed E-state index contributed by atoms with van der Waals surface area (Å²) in [6.07, 6.45) is 4.03. The first kappa shape index (κ1) is 16.5. The van der Waals surface area contributed by atoms with E-state index in [1.165, 1.54) is 6.92 Å². The van der Waals surface area contributed by atoms with Gasteiger partial charge in [-0.3, -0.25) is 14.5 Å². The standard InChI is InChI=1S/C19H21N5O2/c1-14(25)24-16-6-3-2-5-15(16)13-17(24)18(26)22-9-11-23(12-10-22)19-20-7-4-8-21-19/h2-8,17H,9-13H2,1H3/t17-/m1/s1. The summed E-state index contributed by atoms with van der Waals surface area (Å²) in [7, 11) is 0. The maximum absolute atomic E-state index is 13.1. The Labute approximate surface area is 152 Å². The number of rotatable bonds is 2. The number of para-hydroxylation sites is 1. The van der Waals surface area contributed by atoms with Crippen molar-refractivity contribution in [1.29, 1.82) is 0 Å². The number of benzene rings is 1. The third kappa shape index (κ3) is 2.89. The lowest BCUT2D eigenvalue weighted by Crippen LogP contribution is -2.55. The van der Waals surface area contributed by atoms with Crippen LogP contribution in [0.5, 0.6) is 0 Å². The van der Waals surface area contributed by atoms with E-state index in [0.717, 1.165) is 11.3 Å². The molecular formula is C19H21N5O2. The van der Waals surface area contributed by atoms with E-state index in [-0.39, 0.29) is 11.8 Å². The summed E-state index contributed by atoms with van der Waals surface area (Å²) in [5, 5.41) is 0. The van der Waals surface area contributed by atoms with Crippen molar-refractivity contribution in [2.75, 3.05) is 36.0 Å². The summed E-state index contributed by atoms with van der Waals surface area (Å²) in [6.45, 7) is 4.11. The molecule has 1 fully saturated rings. The van der Waals surface area contributed by atoms with Gasteiger partial charge < -0.3 is 9.80 Å². The molecule has 0 saturated carbocycles.